The first-order chi connectivity index (χ1) is 15.1. The number of piperidine rings is 1. The molecule has 0 bridgehead atoms. The number of nitrogens with zero attached hydrogens (tertiary/aromatic N) is 2. The summed E-state index contributed by atoms with van der Waals surface area (Å²) in [4.78, 5) is 21.9. The van der Waals surface area contributed by atoms with Crippen LogP contribution in [0.2, 0.25) is 5.02 Å². The Hall–Kier alpha value is -1.98. The predicted molar refractivity (Wildman–Crippen MR) is 126 cm³/mol. The van der Waals surface area contributed by atoms with E-state index in [-0.39, 0.29) is 11.7 Å². The highest BCUT2D eigenvalue weighted by atomic mass is 35.5. The normalized spacial score (nSPS) is 20.9. The van der Waals surface area contributed by atoms with Gasteiger partial charge < -0.3 is 10.6 Å². The van der Waals surface area contributed by atoms with Crippen molar-refractivity contribution in [3.63, 3.8) is 0 Å². The molecule has 1 saturated heterocycles. The van der Waals surface area contributed by atoms with Crippen molar-refractivity contribution in [2.45, 2.75) is 64.3 Å². The quantitative estimate of drug-likeness (QED) is 0.612. The Bertz CT molecular complexity index is 891. The number of halogens is 1. The molecule has 0 unspecified atom stereocenters. The lowest BCUT2D eigenvalue weighted by molar-refractivity contribution is -0.122. The Kier molecular flexibility index (Phi) is 7.57. The summed E-state index contributed by atoms with van der Waals surface area (Å²) in [6, 6.07) is 8.31. The highest BCUT2D eigenvalue weighted by Gasteiger charge is 2.22. The minimum absolute atomic E-state index is 0.0848. The van der Waals surface area contributed by atoms with Gasteiger partial charge in [-0.2, -0.15) is 0 Å². The second-order valence-electron chi connectivity index (χ2n) is 9.08. The zero-order chi connectivity index (χ0) is 21.6. The molecule has 6 heteroatoms. The molecule has 0 radical (unpaired) electrons. The van der Waals surface area contributed by atoms with Crippen LogP contribution in [0.5, 0.6) is 0 Å². The number of pyridine rings is 2. The molecule has 2 aromatic rings. The second kappa shape index (κ2) is 10.6. The van der Waals surface area contributed by atoms with E-state index in [2.05, 4.69) is 22.5 Å². The molecule has 0 amide bonds. The van der Waals surface area contributed by atoms with Crippen LogP contribution in [0.4, 0.5) is 5.82 Å². The molecule has 3 heterocycles. The molecular weight excluding hydrogens is 408 g/mol. The largest absolute Gasteiger partial charge is 0.367 e. The highest BCUT2D eigenvalue weighted by molar-refractivity contribution is 6.33. The summed E-state index contributed by atoms with van der Waals surface area (Å²) < 4.78 is 0. The van der Waals surface area contributed by atoms with E-state index in [1.54, 1.807) is 6.20 Å². The Morgan fingerprint density at radius 3 is 2.84 bits per heavy atom. The molecule has 2 aliphatic rings. The molecule has 4 rings (SSSR count). The van der Waals surface area contributed by atoms with Gasteiger partial charge in [-0.05, 0) is 63.3 Å². The van der Waals surface area contributed by atoms with Crippen LogP contribution in [0.25, 0.3) is 11.3 Å². The summed E-state index contributed by atoms with van der Waals surface area (Å²) in [7, 11) is 0. The summed E-state index contributed by atoms with van der Waals surface area (Å²) in [5, 5.41) is 7.47. The lowest BCUT2D eigenvalue weighted by atomic mass is 9.84. The number of rotatable bonds is 7. The Balaban J connectivity index is 1.47. The van der Waals surface area contributed by atoms with Gasteiger partial charge in [0.25, 0.3) is 0 Å². The first-order valence-corrected chi connectivity index (χ1v) is 12.1. The van der Waals surface area contributed by atoms with Gasteiger partial charge in [-0.25, -0.2) is 4.98 Å². The minimum Gasteiger partial charge on any atom is -0.367 e. The van der Waals surface area contributed by atoms with Gasteiger partial charge >= 0.3 is 0 Å². The van der Waals surface area contributed by atoms with E-state index in [4.69, 9.17) is 16.6 Å². The molecule has 2 fully saturated rings. The lowest BCUT2D eigenvalue weighted by Crippen LogP contribution is -2.35. The van der Waals surface area contributed by atoms with Gasteiger partial charge in [0.1, 0.15) is 11.6 Å². The van der Waals surface area contributed by atoms with Crippen LogP contribution in [0.1, 0.15) is 57.6 Å². The molecule has 166 valence electrons. The number of ketones is 1. The van der Waals surface area contributed by atoms with E-state index >= 15 is 0 Å². The number of anilines is 1. The molecule has 2 atom stereocenters. The maximum absolute atomic E-state index is 12.7. The number of carbonyl (C=O) groups excluding carboxylic acids is 1. The third-order valence-corrected chi connectivity index (χ3v) is 7.08. The molecule has 1 saturated carbocycles. The van der Waals surface area contributed by atoms with E-state index in [9.17, 15) is 4.79 Å². The third kappa shape index (κ3) is 5.83. The average molecular weight is 441 g/mol. The van der Waals surface area contributed by atoms with Gasteiger partial charge in [0.05, 0.1) is 10.7 Å². The van der Waals surface area contributed by atoms with Crippen LogP contribution >= 0.6 is 11.6 Å². The molecule has 1 aliphatic carbocycles. The topological polar surface area (TPSA) is 66.9 Å². The van der Waals surface area contributed by atoms with Crippen LogP contribution in [0.15, 0.2) is 30.5 Å². The smallest absolute Gasteiger partial charge is 0.143 e. The predicted octanol–water partition coefficient (Wildman–Crippen LogP) is 5.29. The van der Waals surface area contributed by atoms with Crippen molar-refractivity contribution in [3.8, 4) is 11.3 Å². The monoisotopic (exact) mass is 440 g/mol. The fourth-order valence-electron chi connectivity index (χ4n) is 4.87. The first kappa shape index (κ1) is 22.2. The van der Waals surface area contributed by atoms with Gasteiger partial charge in [-0.1, -0.05) is 36.9 Å². The molecule has 0 spiro atoms. The molecule has 0 aromatic carbocycles. The molecule has 2 aromatic heterocycles. The van der Waals surface area contributed by atoms with Crippen molar-refractivity contribution in [3.05, 3.63) is 41.2 Å². The number of aromatic nitrogens is 2. The highest BCUT2D eigenvalue weighted by Crippen LogP contribution is 2.30. The van der Waals surface area contributed by atoms with Gasteiger partial charge in [0, 0.05) is 42.4 Å². The fraction of sp³-hybridized carbons (Fsp3) is 0.560. The van der Waals surface area contributed by atoms with Crippen LogP contribution in [0, 0.1) is 11.8 Å². The summed E-state index contributed by atoms with van der Waals surface area (Å²) in [6.45, 7) is 4.03. The number of carbonyl (C=O) groups is 1. The number of nitrogens with one attached hydrogen (secondary N) is 2. The third-order valence-electron chi connectivity index (χ3n) is 6.78. The van der Waals surface area contributed by atoms with Gasteiger partial charge in [-0.15, -0.1) is 0 Å². The molecule has 5 nitrogen and oxygen atoms in total. The Morgan fingerprint density at radius 1 is 1.23 bits per heavy atom. The maximum atomic E-state index is 12.7. The zero-order valence-electron chi connectivity index (χ0n) is 18.4. The molecule has 2 N–H and O–H groups in total. The van der Waals surface area contributed by atoms with E-state index in [1.165, 1.54) is 32.1 Å². The minimum atomic E-state index is 0.0848. The van der Waals surface area contributed by atoms with Crippen LogP contribution in [-0.4, -0.2) is 34.9 Å². The van der Waals surface area contributed by atoms with E-state index in [0.717, 1.165) is 48.7 Å². The van der Waals surface area contributed by atoms with E-state index in [1.807, 2.05) is 24.3 Å². The van der Waals surface area contributed by atoms with Gasteiger partial charge in [-0.3, -0.25) is 9.78 Å². The molecule has 31 heavy (non-hydrogen) atoms. The van der Waals surface area contributed by atoms with E-state index in [0.29, 0.717) is 23.4 Å². The first-order valence-electron chi connectivity index (χ1n) is 11.7. The van der Waals surface area contributed by atoms with E-state index < -0.39 is 0 Å². The Labute approximate surface area is 190 Å². The van der Waals surface area contributed by atoms with Crippen LogP contribution in [-0.2, 0) is 11.2 Å². The molecule has 1 aliphatic heterocycles. The lowest BCUT2D eigenvalue weighted by Gasteiger charge is -2.28. The number of hydrogen-bond acceptors (Lipinski definition) is 5. The van der Waals surface area contributed by atoms with Crippen molar-refractivity contribution in [1.82, 2.24) is 15.3 Å². The summed E-state index contributed by atoms with van der Waals surface area (Å²) >= 11 is 6.48. The van der Waals surface area contributed by atoms with Crippen molar-refractivity contribution in [1.29, 1.82) is 0 Å². The zero-order valence-corrected chi connectivity index (χ0v) is 19.1. The number of hydrogen-bond donors (Lipinski definition) is 2. The van der Waals surface area contributed by atoms with Gasteiger partial charge in [0.2, 0.25) is 0 Å². The standard InChI is InChI=1S/C25H33ClN4O/c1-17(18-7-3-2-4-8-18)29-25-11-5-10-23(30-25)21-13-20(28-16-22(21)26)14-24(31)19-9-6-12-27-15-19/h5,10-11,13,16-19,27H,2-4,6-9,12,14-15H2,1H3,(H,29,30)/t17-,19+/m0/s1. The number of Topliss-reactive ketones (excluding diaryl/α,β-unsaturated/α-hetero) is 1. The summed E-state index contributed by atoms with van der Waals surface area (Å²) in [5.74, 6) is 1.91. The summed E-state index contributed by atoms with van der Waals surface area (Å²) in [6.07, 6.45) is 10.6. The molecular formula is C25H33ClN4O. The van der Waals surface area contributed by atoms with Crippen molar-refractivity contribution < 1.29 is 4.79 Å². The van der Waals surface area contributed by atoms with Crippen molar-refractivity contribution in [2.24, 2.45) is 11.8 Å². The van der Waals surface area contributed by atoms with Crippen LogP contribution in [0.3, 0.4) is 0 Å². The van der Waals surface area contributed by atoms with Crippen molar-refractivity contribution in [2.75, 3.05) is 18.4 Å². The SMILES string of the molecule is C[C@H](Nc1cccc(-c2cc(CC(=O)[C@@H]3CCCNC3)ncc2Cl)n1)C1CCCCC1. The fourth-order valence-corrected chi connectivity index (χ4v) is 5.07. The maximum Gasteiger partial charge on any atom is 0.143 e. The Morgan fingerprint density at radius 2 is 2.06 bits per heavy atom. The van der Waals surface area contributed by atoms with Gasteiger partial charge in [0.15, 0.2) is 0 Å². The summed E-state index contributed by atoms with van der Waals surface area (Å²) in [5.41, 5.74) is 2.39. The second-order valence-corrected chi connectivity index (χ2v) is 9.49. The average Bonchev–Trinajstić information content (AvgIpc) is 2.81. The van der Waals surface area contributed by atoms with Crippen molar-refractivity contribution >= 4 is 23.2 Å². The van der Waals surface area contributed by atoms with Crippen LogP contribution < -0.4 is 10.6 Å².